The first-order valence-electron chi connectivity index (χ1n) is 4.83. The molecule has 11 heavy (non-hydrogen) atoms. The molecule has 0 aromatic carbocycles. The zero-order valence-electron chi connectivity index (χ0n) is 7.27. The summed E-state index contributed by atoms with van der Waals surface area (Å²) >= 11 is 0. The third-order valence-electron chi connectivity index (χ3n) is 3.06. The van der Waals surface area contributed by atoms with Gasteiger partial charge in [-0.2, -0.15) is 0 Å². The normalized spacial score (nSPS) is 45.0. The van der Waals surface area contributed by atoms with Crippen molar-refractivity contribution in [2.45, 2.75) is 38.3 Å². The molecule has 2 rings (SSSR count). The van der Waals surface area contributed by atoms with Gasteiger partial charge < -0.3 is 10.6 Å². The topological polar surface area (TPSA) is 24.1 Å². The van der Waals surface area contributed by atoms with Gasteiger partial charge in [-0.05, 0) is 45.2 Å². The number of hydrogen-bond acceptors (Lipinski definition) is 2. The fourth-order valence-electron chi connectivity index (χ4n) is 2.36. The van der Waals surface area contributed by atoms with Gasteiger partial charge in [0.05, 0.1) is 0 Å². The maximum atomic E-state index is 3.61. The van der Waals surface area contributed by atoms with Crippen molar-refractivity contribution in [3.8, 4) is 0 Å². The van der Waals surface area contributed by atoms with Crippen molar-refractivity contribution in [1.82, 2.24) is 10.6 Å². The molecule has 2 fully saturated rings. The quantitative estimate of drug-likeness (QED) is 0.537. The Morgan fingerprint density at radius 3 is 3.09 bits per heavy atom. The number of rotatable bonds is 0. The van der Waals surface area contributed by atoms with Crippen LogP contribution in [-0.2, 0) is 0 Å². The van der Waals surface area contributed by atoms with E-state index in [0.717, 1.165) is 18.0 Å². The summed E-state index contributed by atoms with van der Waals surface area (Å²) in [6.07, 6.45) is 4.12. The van der Waals surface area contributed by atoms with Crippen LogP contribution < -0.4 is 10.6 Å². The fraction of sp³-hybridized carbons (Fsp3) is 1.00. The van der Waals surface area contributed by atoms with E-state index in [1.807, 2.05) is 0 Å². The van der Waals surface area contributed by atoms with E-state index in [9.17, 15) is 0 Å². The average Bonchev–Trinajstić information content (AvgIpc) is 2.04. The van der Waals surface area contributed by atoms with Crippen LogP contribution in [0, 0.1) is 5.92 Å². The van der Waals surface area contributed by atoms with Gasteiger partial charge in [-0.3, -0.25) is 0 Å². The second kappa shape index (κ2) is 3.11. The van der Waals surface area contributed by atoms with Crippen molar-refractivity contribution in [2.75, 3.05) is 13.1 Å². The van der Waals surface area contributed by atoms with Crippen LogP contribution in [0.2, 0.25) is 0 Å². The third-order valence-corrected chi connectivity index (χ3v) is 3.06. The molecule has 0 aromatic heterocycles. The van der Waals surface area contributed by atoms with Crippen LogP contribution in [-0.4, -0.2) is 25.2 Å². The molecule has 2 aliphatic heterocycles. The van der Waals surface area contributed by atoms with Crippen LogP contribution in [0.1, 0.15) is 26.2 Å². The molecule has 0 aliphatic carbocycles. The zero-order chi connectivity index (χ0) is 7.68. The second-order valence-corrected chi connectivity index (χ2v) is 4.01. The maximum Gasteiger partial charge on any atom is 0.0122 e. The number of hydrogen-bond donors (Lipinski definition) is 2. The molecule has 2 aliphatic rings. The minimum Gasteiger partial charge on any atom is -0.314 e. The van der Waals surface area contributed by atoms with E-state index in [-0.39, 0.29) is 0 Å². The molecule has 2 N–H and O–H groups in total. The molecule has 0 saturated carbocycles. The first-order chi connectivity index (χ1) is 5.36. The van der Waals surface area contributed by atoms with Crippen LogP contribution in [0.5, 0.6) is 0 Å². The van der Waals surface area contributed by atoms with Crippen molar-refractivity contribution in [3.63, 3.8) is 0 Å². The molecule has 3 atom stereocenters. The van der Waals surface area contributed by atoms with Gasteiger partial charge in [0.25, 0.3) is 0 Å². The van der Waals surface area contributed by atoms with Crippen molar-refractivity contribution in [1.29, 1.82) is 0 Å². The molecule has 2 heterocycles. The average molecular weight is 154 g/mol. The monoisotopic (exact) mass is 154 g/mol. The molecule has 0 bridgehead atoms. The molecular weight excluding hydrogens is 136 g/mol. The van der Waals surface area contributed by atoms with Crippen LogP contribution in [0.25, 0.3) is 0 Å². The molecule has 0 aromatic rings. The lowest BCUT2D eigenvalue weighted by Gasteiger charge is -2.39. The van der Waals surface area contributed by atoms with E-state index >= 15 is 0 Å². The highest BCUT2D eigenvalue weighted by Crippen LogP contribution is 2.22. The third kappa shape index (κ3) is 1.57. The Morgan fingerprint density at radius 2 is 2.18 bits per heavy atom. The smallest absolute Gasteiger partial charge is 0.0122 e. The summed E-state index contributed by atoms with van der Waals surface area (Å²) < 4.78 is 0. The van der Waals surface area contributed by atoms with E-state index in [0.29, 0.717) is 0 Å². The molecule has 3 unspecified atom stereocenters. The molecule has 64 valence electrons. The van der Waals surface area contributed by atoms with Gasteiger partial charge in [-0.1, -0.05) is 0 Å². The molecule has 2 saturated heterocycles. The van der Waals surface area contributed by atoms with Crippen molar-refractivity contribution < 1.29 is 0 Å². The first-order valence-corrected chi connectivity index (χ1v) is 4.83. The van der Waals surface area contributed by atoms with Gasteiger partial charge in [-0.15, -0.1) is 0 Å². The van der Waals surface area contributed by atoms with Gasteiger partial charge in [0.2, 0.25) is 0 Å². The van der Waals surface area contributed by atoms with Crippen LogP contribution in [0.4, 0.5) is 0 Å². The predicted octanol–water partition coefficient (Wildman–Crippen LogP) is 0.736. The summed E-state index contributed by atoms with van der Waals surface area (Å²) in [7, 11) is 0. The summed E-state index contributed by atoms with van der Waals surface area (Å²) in [5.74, 6) is 0.917. The van der Waals surface area contributed by atoms with E-state index < -0.39 is 0 Å². The van der Waals surface area contributed by atoms with Gasteiger partial charge in [0.1, 0.15) is 0 Å². The Morgan fingerprint density at radius 1 is 1.27 bits per heavy atom. The summed E-state index contributed by atoms with van der Waals surface area (Å²) in [6.45, 7) is 4.76. The van der Waals surface area contributed by atoms with Crippen molar-refractivity contribution in [2.24, 2.45) is 5.92 Å². The van der Waals surface area contributed by atoms with Crippen LogP contribution in [0.15, 0.2) is 0 Å². The highest BCUT2D eigenvalue weighted by atomic mass is 15.0. The Hall–Kier alpha value is -0.0800. The minimum atomic E-state index is 0.724. The Labute approximate surface area is 68.7 Å². The number of nitrogens with one attached hydrogen (secondary N) is 2. The molecule has 0 amide bonds. The lowest BCUT2D eigenvalue weighted by Crippen LogP contribution is -2.53. The molecule has 0 spiro atoms. The standard InChI is InChI=1S/C9H18N2/c1-7-5-9-8(6-11-7)3-2-4-10-9/h7-11H,2-6H2,1H3. The highest BCUT2D eigenvalue weighted by molar-refractivity contribution is 4.89. The molecule has 2 heteroatoms. The van der Waals surface area contributed by atoms with E-state index in [1.165, 1.54) is 32.4 Å². The predicted molar refractivity (Wildman–Crippen MR) is 46.6 cm³/mol. The number of piperidine rings is 2. The summed E-state index contributed by atoms with van der Waals surface area (Å²) in [6, 6.07) is 1.54. The van der Waals surface area contributed by atoms with Crippen molar-refractivity contribution in [3.05, 3.63) is 0 Å². The minimum absolute atomic E-state index is 0.724. The van der Waals surface area contributed by atoms with Gasteiger partial charge in [0, 0.05) is 12.1 Å². The Bertz CT molecular complexity index is 136. The first kappa shape index (κ1) is 7.56. The molecule has 2 nitrogen and oxygen atoms in total. The second-order valence-electron chi connectivity index (χ2n) is 4.01. The Balaban J connectivity index is 1.93. The van der Waals surface area contributed by atoms with E-state index in [2.05, 4.69) is 17.6 Å². The molecular formula is C9H18N2. The SMILES string of the molecule is CC1CC2NCCCC2CN1. The summed E-state index contributed by atoms with van der Waals surface area (Å²) in [4.78, 5) is 0. The van der Waals surface area contributed by atoms with Crippen LogP contribution >= 0.6 is 0 Å². The van der Waals surface area contributed by atoms with E-state index in [4.69, 9.17) is 0 Å². The lowest BCUT2D eigenvalue weighted by molar-refractivity contribution is 0.198. The highest BCUT2D eigenvalue weighted by Gasteiger charge is 2.29. The van der Waals surface area contributed by atoms with Gasteiger partial charge in [-0.25, -0.2) is 0 Å². The van der Waals surface area contributed by atoms with Crippen molar-refractivity contribution >= 4 is 0 Å². The maximum absolute atomic E-state index is 3.61. The molecule has 0 radical (unpaired) electrons. The summed E-state index contributed by atoms with van der Waals surface area (Å²) in [5.41, 5.74) is 0. The van der Waals surface area contributed by atoms with Gasteiger partial charge in [0.15, 0.2) is 0 Å². The summed E-state index contributed by atoms with van der Waals surface area (Å²) in [5, 5.41) is 7.15. The Kier molecular flexibility index (Phi) is 2.14. The zero-order valence-corrected chi connectivity index (χ0v) is 7.27. The number of fused-ring (bicyclic) bond motifs is 1. The largest absolute Gasteiger partial charge is 0.314 e. The fourth-order valence-corrected chi connectivity index (χ4v) is 2.36. The van der Waals surface area contributed by atoms with E-state index in [1.54, 1.807) is 0 Å². The van der Waals surface area contributed by atoms with Gasteiger partial charge >= 0.3 is 0 Å². The lowest BCUT2D eigenvalue weighted by atomic mass is 9.84. The van der Waals surface area contributed by atoms with Crippen LogP contribution in [0.3, 0.4) is 0 Å².